The third-order valence-electron chi connectivity index (χ3n) is 8.79. The van der Waals surface area contributed by atoms with Crippen LogP contribution in [0.1, 0.15) is 92.7 Å². The number of allylic oxidation sites excluding steroid dienone is 1. The maximum Gasteiger partial charge on any atom is 0.261 e. The molecule has 3 aromatic rings. The van der Waals surface area contributed by atoms with Gasteiger partial charge in [-0.2, -0.15) is 0 Å². The van der Waals surface area contributed by atoms with Crippen molar-refractivity contribution in [3.63, 3.8) is 0 Å². The Balaban J connectivity index is 1.07. The molecule has 6 heteroatoms. The van der Waals surface area contributed by atoms with Gasteiger partial charge in [0.15, 0.2) is 0 Å². The quantitative estimate of drug-likeness (QED) is 0.187. The Bertz CT molecular complexity index is 1510. The summed E-state index contributed by atoms with van der Waals surface area (Å²) in [5.74, 6) is -0.229. The zero-order valence-electron chi connectivity index (χ0n) is 24.7. The van der Waals surface area contributed by atoms with Gasteiger partial charge in [-0.05, 0) is 106 Å². The van der Waals surface area contributed by atoms with E-state index in [0.29, 0.717) is 17.7 Å². The summed E-state index contributed by atoms with van der Waals surface area (Å²) in [6.07, 6.45) is 6.91. The number of fused-ring (bicyclic) bond motifs is 2. The fourth-order valence-electron chi connectivity index (χ4n) is 6.54. The molecule has 0 aromatic heterocycles. The lowest BCUT2D eigenvalue weighted by Crippen LogP contribution is -2.32. The van der Waals surface area contributed by atoms with Crippen molar-refractivity contribution in [2.24, 2.45) is 0 Å². The van der Waals surface area contributed by atoms with Crippen molar-refractivity contribution in [2.45, 2.75) is 58.8 Å². The van der Waals surface area contributed by atoms with Gasteiger partial charge in [0.05, 0.1) is 16.8 Å². The van der Waals surface area contributed by atoms with Crippen molar-refractivity contribution < 1.29 is 14.4 Å². The van der Waals surface area contributed by atoms with Crippen LogP contribution in [0.4, 0.5) is 5.69 Å². The Labute approximate surface area is 248 Å². The smallest absolute Gasteiger partial charge is 0.261 e. The second kappa shape index (κ2) is 12.0. The Hall–Kier alpha value is -4.19. The Morgan fingerprint density at radius 2 is 1.10 bits per heavy atom. The van der Waals surface area contributed by atoms with Crippen LogP contribution in [0.15, 0.2) is 72.3 Å². The van der Waals surface area contributed by atoms with E-state index in [2.05, 4.69) is 43.0 Å². The van der Waals surface area contributed by atoms with Gasteiger partial charge in [-0.1, -0.05) is 36.4 Å². The highest BCUT2D eigenvalue weighted by molar-refractivity contribution is 6.21. The second-order valence-electron chi connectivity index (χ2n) is 11.9. The Morgan fingerprint density at radius 3 is 1.62 bits per heavy atom. The molecular weight excluding hydrogens is 522 g/mol. The molecule has 0 saturated heterocycles. The number of unbranched alkanes of at least 4 members (excludes halogenated alkanes) is 2. The number of nitrogens with zero attached hydrogens (tertiary/aromatic N) is 3. The van der Waals surface area contributed by atoms with E-state index in [4.69, 9.17) is 0 Å². The fraction of sp³-hybridized carbons (Fsp3) is 0.361. The number of carbonyl (C=O) groups is 3. The minimum absolute atomic E-state index is 0.138. The van der Waals surface area contributed by atoms with Crippen molar-refractivity contribution in [2.75, 3.05) is 31.1 Å². The van der Waals surface area contributed by atoms with Gasteiger partial charge in [0.2, 0.25) is 0 Å². The van der Waals surface area contributed by atoms with Crippen LogP contribution < -0.4 is 4.90 Å². The molecule has 1 aliphatic carbocycles. The first-order chi connectivity index (χ1) is 20.4. The lowest BCUT2D eigenvalue weighted by atomic mass is 9.88. The molecule has 3 aromatic carbocycles. The van der Waals surface area contributed by atoms with Crippen LogP contribution in [0.3, 0.4) is 0 Å². The molecule has 0 N–H and O–H groups in total. The zero-order valence-corrected chi connectivity index (χ0v) is 24.7. The molecule has 3 aliphatic rings. The maximum atomic E-state index is 13.3. The van der Waals surface area contributed by atoms with Gasteiger partial charge in [0, 0.05) is 43.0 Å². The molecule has 2 aliphatic heterocycles. The third kappa shape index (κ3) is 5.38. The number of anilines is 1. The predicted octanol–water partition coefficient (Wildman–Crippen LogP) is 7.02. The SMILES string of the molecule is Cc1cc(C)cc(N(CCCCN2C(=O)c3ccccc3C2=O)CCCCN2C(=O)c3ccccc3C2=C2CCC2)c1. The first-order valence-electron chi connectivity index (χ1n) is 15.3. The molecule has 1 saturated carbocycles. The van der Waals surface area contributed by atoms with Crippen LogP contribution in [-0.2, 0) is 0 Å². The molecule has 42 heavy (non-hydrogen) atoms. The first-order valence-corrected chi connectivity index (χ1v) is 15.3. The second-order valence-corrected chi connectivity index (χ2v) is 11.9. The molecular formula is C36H39N3O3. The van der Waals surface area contributed by atoms with E-state index in [-0.39, 0.29) is 17.7 Å². The summed E-state index contributed by atoms with van der Waals surface area (Å²) < 4.78 is 0. The highest BCUT2D eigenvalue weighted by atomic mass is 16.2. The highest BCUT2D eigenvalue weighted by Gasteiger charge is 2.35. The number of rotatable bonds is 11. The van der Waals surface area contributed by atoms with Crippen LogP contribution >= 0.6 is 0 Å². The summed E-state index contributed by atoms with van der Waals surface area (Å²) in [4.78, 5) is 44.7. The molecule has 6 rings (SSSR count). The van der Waals surface area contributed by atoms with Crippen LogP contribution in [-0.4, -0.2) is 53.7 Å². The highest BCUT2D eigenvalue weighted by Crippen LogP contribution is 2.41. The van der Waals surface area contributed by atoms with E-state index in [0.717, 1.165) is 69.3 Å². The van der Waals surface area contributed by atoms with E-state index < -0.39 is 0 Å². The number of aryl methyl sites for hydroxylation is 2. The summed E-state index contributed by atoms with van der Waals surface area (Å²) in [5, 5.41) is 0. The average Bonchev–Trinajstić information content (AvgIpc) is 3.36. The van der Waals surface area contributed by atoms with E-state index >= 15 is 0 Å². The van der Waals surface area contributed by atoms with Crippen LogP contribution in [0.5, 0.6) is 0 Å². The minimum atomic E-state index is -0.184. The van der Waals surface area contributed by atoms with E-state index in [1.54, 1.807) is 24.3 Å². The fourth-order valence-corrected chi connectivity index (χ4v) is 6.54. The van der Waals surface area contributed by atoms with E-state index in [1.165, 1.54) is 39.4 Å². The zero-order chi connectivity index (χ0) is 29.2. The predicted molar refractivity (Wildman–Crippen MR) is 167 cm³/mol. The van der Waals surface area contributed by atoms with E-state index in [9.17, 15) is 14.4 Å². The summed E-state index contributed by atoms with van der Waals surface area (Å²) in [7, 11) is 0. The molecule has 0 unspecified atom stereocenters. The summed E-state index contributed by atoms with van der Waals surface area (Å²) >= 11 is 0. The van der Waals surface area contributed by atoms with Crippen molar-refractivity contribution in [1.82, 2.24) is 9.80 Å². The van der Waals surface area contributed by atoms with Gasteiger partial charge >= 0.3 is 0 Å². The average molecular weight is 562 g/mol. The molecule has 216 valence electrons. The number of benzene rings is 3. The van der Waals surface area contributed by atoms with Crippen molar-refractivity contribution in [1.29, 1.82) is 0 Å². The van der Waals surface area contributed by atoms with Gasteiger partial charge in [-0.3, -0.25) is 19.3 Å². The van der Waals surface area contributed by atoms with Gasteiger partial charge < -0.3 is 9.80 Å². The summed E-state index contributed by atoms with van der Waals surface area (Å²) in [6, 6.07) is 21.8. The number of hydrogen-bond acceptors (Lipinski definition) is 4. The van der Waals surface area contributed by atoms with Gasteiger partial charge in [-0.25, -0.2) is 0 Å². The standard InChI is InChI=1S/C36H39N3O3/c1-25-22-26(2)24-28(23-25)37(19-8-10-21-39-35(41)31-16-5-6-17-32(31)36(39)42)18-7-9-20-38-33(27-12-11-13-27)29-14-3-4-15-30(29)34(38)40/h3-6,14-17,22-24H,7-13,18-21H2,1-2H3. The molecule has 6 nitrogen and oxygen atoms in total. The van der Waals surface area contributed by atoms with Crippen molar-refractivity contribution in [3.8, 4) is 0 Å². The summed E-state index contributed by atoms with van der Waals surface area (Å²) in [6.45, 7) is 7.15. The van der Waals surface area contributed by atoms with Gasteiger partial charge in [-0.15, -0.1) is 0 Å². The van der Waals surface area contributed by atoms with Crippen LogP contribution in [0.2, 0.25) is 0 Å². The monoisotopic (exact) mass is 561 g/mol. The molecule has 1 fully saturated rings. The van der Waals surface area contributed by atoms with Gasteiger partial charge in [0.25, 0.3) is 17.7 Å². The molecule has 0 spiro atoms. The third-order valence-corrected chi connectivity index (χ3v) is 8.79. The largest absolute Gasteiger partial charge is 0.372 e. The van der Waals surface area contributed by atoms with Crippen LogP contribution in [0, 0.1) is 13.8 Å². The minimum Gasteiger partial charge on any atom is -0.372 e. The molecule has 0 atom stereocenters. The number of amides is 3. The first kappa shape index (κ1) is 28.0. The molecule has 2 heterocycles. The number of imide groups is 1. The normalized spacial score (nSPS) is 15.8. The Morgan fingerprint density at radius 1 is 0.619 bits per heavy atom. The molecule has 0 bridgehead atoms. The van der Waals surface area contributed by atoms with E-state index in [1.807, 2.05) is 23.1 Å². The lowest BCUT2D eigenvalue weighted by molar-refractivity contribution is 0.0651. The lowest BCUT2D eigenvalue weighted by Gasteiger charge is -2.28. The number of carbonyl (C=O) groups excluding carboxylic acids is 3. The Kier molecular flexibility index (Phi) is 7.96. The van der Waals surface area contributed by atoms with Crippen molar-refractivity contribution >= 4 is 29.1 Å². The summed E-state index contributed by atoms with van der Waals surface area (Å²) in [5.41, 5.74) is 9.22. The van der Waals surface area contributed by atoms with Crippen molar-refractivity contribution in [3.05, 3.63) is 106 Å². The van der Waals surface area contributed by atoms with Gasteiger partial charge in [0.1, 0.15) is 0 Å². The topological polar surface area (TPSA) is 60.9 Å². The number of hydrogen-bond donors (Lipinski definition) is 0. The molecule has 3 amide bonds. The molecule has 0 radical (unpaired) electrons. The van der Waals surface area contributed by atoms with Crippen LogP contribution in [0.25, 0.3) is 5.70 Å². The maximum absolute atomic E-state index is 13.3.